The van der Waals surface area contributed by atoms with Crippen LogP contribution in [0.1, 0.15) is 49.0 Å². The molecule has 0 N–H and O–H groups in total. The Morgan fingerprint density at radius 2 is 1.55 bits per heavy atom. The fourth-order valence-corrected chi connectivity index (χ4v) is 4.17. The van der Waals surface area contributed by atoms with E-state index in [9.17, 15) is 14.4 Å². The molecule has 3 rings (SSSR count). The molecule has 0 bridgehead atoms. The fraction of sp³-hybridized carbons (Fsp3) is 0.400. The Labute approximate surface area is 183 Å². The van der Waals surface area contributed by atoms with E-state index in [1.54, 1.807) is 45.0 Å². The molecule has 0 spiro atoms. The monoisotopic (exact) mass is 423 g/mol. The molecule has 164 valence electrons. The predicted octanol–water partition coefficient (Wildman–Crippen LogP) is 3.82. The standard InChI is InChI=1S/C25H29NO5/c1-25(2,3)31-21(27)15-19-20(17-11-7-5-8-12-17)16-26(22(19)24(29)30-4)23(28)18-13-9-6-10-14-18/h5-14,19-20,22H,15-16H2,1-4H3/t19-,20+,22+/m0/s1. The molecule has 3 atom stereocenters. The molecule has 0 aromatic heterocycles. The summed E-state index contributed by atoms with van der Waals surface area (Å²) in [6.07, 6.45) is 0.00909. The van der Waals surface area contributed by atoms with Crippen molar-refractivity contribution in [3.63, 3.8) is 0 Å². The van der Waals surface area contributed by atoms with E-state index >= 15 is 0 Å². The molecule has 1 aliphatic rings. The topological polar surface area (TPSA) is 72.9 Å². The van der Waals surface area contributed by atoms with Gasteiger partial charge in [0.25, 0.3) is 5.91 Å². The summed E-state index contributed by atoms with van der Waals surface area (Å²) >= 11 is 0. The van der Waals surface area contributed by atoms with Crippen molar-refractivity contribution in [1.29, 1.82) is 0 Å². The number of carbonyl (C=O) groups is 3. The normalized spacial score (nSPS) is 20.9. The van der Waals surface area contributed by atoms with Gasteiger partial charge in [-0.25, -0.2) is 4.79 Å². The zero-order valence-electron chi connectivity index (χ0n) is 18.4. The Morgan fingerprint density at radius 3 is 2.10 bits per heavy atom. The number of methoxy groups -OCH3 is 1. The van der Waals surface area contributed by atoms with Crippen molar-refractivity contribution in [2.24, 2.45) is 5.92 Å². The summed E-state index contributed by atoms with van der Waals surface area (Å²) in [4.78, 5) is 40.4. The van der Waals surface area contributed by atoms with E-state index in [1.807, 2.05) is 36.4 Å². The lowest BCUT2D eigenvalue weighted by atomic mass is 9.83. The first-order chi connectivity index (χ1) is 14.7. The van der Waals surface area contributed by atoms with Gasteiger partial charge in [0.1, 0.15) is 11.6 Å². The van der Waals surface area contributed by atoms with Crippen LogP contribution in [0, 0.1) is 5.92 Å². The summed E-state index contributed by atoms with van der Waals surface area (Å²) in [6, 6.07) is 17.6. The number of hydrogen-bond acceptors (Lipinski definition) is 5. The predicted molar refractivity (Wildman–Crippen MR) is 116 cm³/mol. The molecule has 1 saturated heterocycles. The smallest absolute Gasteiger partial charge is 0.328 e. The zero-order chi connectivity index (χ0) is 22.6. The lowest BCUT2D eigenvalue weighted by Gasteiger charge is -2.27. The van der Waals surface area contributed by atoms with Crippen molar-refractivity contribution in [1.82, 2.24) is 4.90 Å². The highest BCUT2D eigenvalue weighted by Crippen LogP contribution is 2.41. The minimum atomic E-state index is -0.879. The van der Waals surface area contributed by atoms with Crippen LogP contribution in [0.15, 0.2) is 60.7 Å². The number of nitrogens with zero attached hydrogens (tertiary/aromatic N) is 1. The largest absolute Gasteiger partial charge is 0.467 e. The number of ether oxygens (including phenoxy) is 2. The number of benzene rings is 2. The molecule has 0 saturated carbocycles. The maximum absolute atomic E-state index is 13.3. The van der Waals surface area contributed by atoms with Crippen LogP contribution in [0.4, 0.5) is 0 Å². The molecule has 2 aromatic rings. The lowest BCUT2D eigenvalue weighted by Crippen LogP contribution is -2.44. The number of rotatable bonds is 5. The van der Waals surface area contributed by atoms with Gasteiger partial charge in [-0.15, -0.1) is 0 Å². The van der Waals surface area contributed by atoms with E-state index in [0.717, 1.165) is 5.56 Å². The highest BCUT2D eigenvalue weighted by Gasteiger charge is 2.50. The third-order valence-corrected chi connectivity index (χ3v) is 5.43. The fourth-order valence-electron chi connectivity index (χ4n) is 4.17. The third kappa shape index (κ3) is 5.32. The summed E-state index contributed by atoms with van der Waals surface area (Å²) < 4.78 is 10.6. The first kappa shape index (κ1) is 22.5. The molecule has 1 fully saturated rings. The molecule has 31 heavy (non-hydrogen) atoms. The van der Waals surface area contributed by atoms with Gasteiger partial charge < -0.3 is 14.4 Å². The van der Waals surface area contributed by atoms with Gasteiger partial charge in [-0.05, 0) is 38.5 Å². The van der Waals surface area contributed by atoms with E-state index < -0.39 is 29.5 Å². The summed E-state index contributed by atoms with van der Waals surface area (Å²) in [5, 5.41) is 0. The summed E-state index contributed by atoms with van der Waals surface area (Å²) in [5.74, 6) is -1.86. The Hall–Kier alpha value is -3.15. The summed E-state index contributed by atoms with van der Waals surface area (Å²) in [7, 11) is 1.30. The SMILES string of the molecule is COC(=O)[C@H]1[C@@H](CC(=O)OC(C)(C)C)[C@@H](c2ccccc2)CN1C(=O)c1ccccc1. The minimum absolute atomic E-state index is 0.00909. The highest BCUT2D eigenvalue weighted by atomic mass is 16.6. The average Bonchev–Trinajstić information content (AvgIpc) is 3.11. The van der Waals surface area contributed by atoms with Gasteiger partial charge in [-0.3, -0.25) is 9.59 Å². The highest BCUT2D eigenvalue weighted by molar-refractivity contribution is 5.97. The Bertz CT molecular complexity index is 920. The minimum Gasteiger partial charge on any atom is -0.467 e. The lowest BCUT2D eigenvalue weighted by molar-refractivity contribution is -0.157. The molecule has 0 radical (unpaired) electrons. The number of hydrogen-bond donors (Lipinski definition) is 0. The van der Waals surface area contributed by atoms with Gasteiger partial charge in [0.05, 0.1) is 13.5 Å². The van der Waals surface area contributed by atoms with E-state index in [-0.39, 0.29) is 18.2 Å². The van der Waals surface area contributed by atoms with Crippen LogP contribution in [-0.2, 0) is 19.1 Å². The van der Waals surface area contributed by atoms with Gasteiger partial charge in [-0.1, -0.05) is 48.5 Å². The number of likely N-dealkylation sites (tertiary alicyclic amines) is 1. The van der Waals surface area contributed by atoms with E-state index in [1.165, 1.54) is 12.0 Å². The van der Waals surface area contributed by atoms with Crippen molar-refractivity contribution in [3.8, 4) is 0 Å². The van der Waals surface area contributed by atoms with Crippen LogP contribution >= 0.6 is 0 Å². The molecule has 1 heterocycles. The first-order valence-corrected chi connectivity index (χ1v) is 10.4. The number of amides is 1. The van der Waals surface area contributed by atoms with Crippen molar-refractivity contribution in [3.05, 3.63) is 71.8 Å². The molecule has 1 aliphatic heterocycles. The Balaban J connectivity index is 2.00. The molecule has 1 amide bonds. The maximum atomic E-state index is 13.3. The quantitative estimate of drug-likeness (QED) is 0.684. The Kier molecular flexibility index (Phi) is 6.78. The second kappa shape index (κ2) is 9.33. The van der Waals surface area contributed by atoms with Crippen LogP contribution in [0.5, 0.6) is 0 Å². The molecule has 0 unspecified atom stereocenters. The van der Waals surface area contributed by atoms with Crippen molar-refractivity contribution in [2.75, 3.05) is 13.7 Å². The van der Waals surface area contributed by atoms with Crippen molar-refractivity contribution < 1.29 is 23.9 Å². The van der Waals surface area contributed by atoms with Crippen LogP contribution in [0.25, 0.3) is 0 Å². The second-order valence-electron chi connectivity index (χ2n) is 8.76. The molecular formula is C25H29NO5. The molecule has 2 aromatic carbocycles. The van der Waals surface area contributed by atoms with Gasteiger partial charge in [-0.2, -0.15) is 0 Å². The van der Waals surface area contributed by atoms with Crippen LogP contribution in [-0.4, -0.2) is 48.0 Å². The van der Waals surface area contributed by atoms with E-state index in [4.69, 9.17) is 9.47 Å². The van der Waals surface area contributed by atoms with E-state index in [0.29, 0.717) is 12.1 Å². The second-order valence-corrected chi connectivity index (χ2v) is 8.76. The maximum Gasteiger partial charge on any atom is 0.328 e. The molecule has 6 nitrogen and oxygen atoms in total. The summed E-state index contributed by atoms with van der Waals surface area (Å²) in [6.45, 7) is 5.72. The average molecular weight is 424 g/mol. The molecule has 6 heteroatoms. The molecular weight excluding hydrogens is 394 g/mol. The van der Waals surface area contributed by atoms with Gasteiger partial charge >= 0.3 is 11.9 Å². The van der Waals surface area contributed by atoms with Crippen LogP contribution in [0.2, 0.25) is 0 Å². The number of carbonyl (C=O) groups excluding carboxylic acids is 3. The van der Waals surface area contributed by atoms with Gasteiger partial charge in [0.15, 0.2) is 0 Å². The van der Waals surface area contributed by atoms with E-state index in [2.05, 4.69) is 0 Å². The van der Waals surface area contributed by atoms with Gasteiger partial charge in [0.2, 0.25) is 0 Å². The summed E-state index contributed by atoms with van der Waals surface area (Å²) in [5.41, 5.74) is 0.813. The van der Waals surface area contributed by atoms with Crippen molar-refractivity contribution in [2.45, 2.75) is 44.8 Å². The third-order valence-electron chi connectivity index (χ3n) is 5.43. The van der Waals surface area contributed by atoms with Crippen molar-refractivity contribution >= 4 is 17.8 Å². The number of esters is 2. The Morgan fingerprint density at radius 1 is 0.968 bits per heavy atom. The molecule has 0 aliphatic carbocycles. The zero-order valence-corrected chi connectivity index (χ0v) is 18.4. The van der Waals surface area contributed by atoms with Crippen LogP contribution in [0.3, 0.4) is 0 Å². The van der Waals surface area contributed by atoms with Crippen LogP contribution < -0.4 is 0 Å². The first-order valence-electron chi connectivity index (χ1n) is 10.4. The van der Waals surface area contributed by atoms with Gasteiger partial charge in [0, 0.05) is 23.9 Å².